The zero-order chi connectivity index (χ0) is 15.4. The maximum absolute atomic E-state index is 11.8. The summed E-state index contributed by atoms with van der Waals surface area (Å²) >= 11 is 0. The van der Waals surface area contributed by atoms with Crippen molar-refractivity contribution in [2.75, 3.05) is 0 Å². The Hall–Kier alpha value is -3.21. The average Bonchev–Trinajstić information content (AvgIpc) is 2.56. The van der Waals surface area contributed by atoms with E-state index in [1.807, 2.05) is 24.3 Å². The van der Waals surface area contributed by atoms with Crippen LogP contribution in [0.2, 0.25) is 0 Å². The molecule has 0 radical (unpaired) electrons. The topological polar surface area (TPSA) is 74.6 Å². The summed E-state index contributed by atoms with van der Waals surface area (Å²) in [5.74, 6) is -0.299. The Morgan fingerprint density at radius 3 is 2.55 bits per heavy atom. The largest absolute Gasteiger partial charge is 0.507 e. The van der Waals surface area contributed by atoms with Gasteiger partial charge in [0.2, 0.25) is 0 Å². The minimum atomic E-state index is -0.405. The van der Waals surface area contributed by atoms with Gasteiger partial charge < -0.3 is 5.11 Å². The first-order valence-corrected chi connectivity index (χ1v) is 6.70. The highest BCUT2D eigenvalue weighted by molar-refractivity contribution is 5.95. The van der Waals surface area contributed by atoms with Gasteiger partial charge in [0.25, 0.3) is 5.91 Å². The predicted octanol–water partition coefficient (Wildman–Crippen LogP) is 2.70. The SMILES string of the molecule is O=C(N/N=C/c1cc2ccccc2cc1O)c1ccccn1. The van der Waals surface area contributed by atoms with Crippen molar-refractivity contribution in [3.63, 3.8) is 0 Å². The molecule has 5 heteroatoms. The van der Waals surface area contributed by atoms with Gasteiger partial charge in [0.15, 0.2) is 0 Å². The summed E-state index contributed by atoms with van der Waals surface area (Å²) in [6.45, 7) is 0. The Balaban J connectivity index is 1.78. The van der Waals surface area contributed by atoms with Crippen LogP contribution in [0, 0.1) is 0 Å². The molecule has 0 bridgehead atoms. The van der Waals surface area contributed by atoms with E-state index in [2.05, 4.69) is 15.5 Å². The smallest absolute Gasteiger partial charge is 0.289 e. The molecule has 0 saturated heterocycles. The summed E-state index contributed by atoms with van der Waals surface area (Å²) in [5.41, 5.74) is 3.19. The number of hydrazone groups is 1. The molecule has 3 aromatic rings. The minimum absolute atomic E-state index is 0.106. The van der Waals surface area contributed by atoms with Crippen molar-refractivity contribution in [3.8, 4) is 5.75 Å². The number of carbonyl (C=O) groups is 1. The highest BCUT2D eigenvalue weighted by Gasteiger charge is 2.05. The Morgan fingerprint density at radius 2 is 1.82 bits per heavy atom. The predicted molar refractivity (Wildman–Crippen MR) is 84.9 cm³/mol. The first kappa shape index (κ1) is 13.8. The lowest BCUT2D eigenvalue weighted by atomic mass is 10.1. The minimum Gasteiger partial charge on any atom is -0.507 e. The number of benzene rings is 2. The molecular formula is C17H13N3O2. The summed E-state index contributed by atoms with van der Waals surface area (Å²) in [6, 6.07) is 16.2. The number of hydrogen-bond acceptors (Lipinski definition) is 4. The number of amides is 1. The zero-order valence-corrected chi connectivity index (χ0v) is 11.6. The lowest BCUT2D eigenvalue weighted by molar-refractivity contribution is 0.0950. The van der Waals surface area contributed by atoms with Crippen LogP contribution in [0.5, 0.6) is 5.75 Å². The van der Waals surface area contributed by atoms with Crippen molar-refractivity contribution < 1.29 is 9.90 Å². The molecule has 2 N–H and O–H groups in total. The molecule has 2 aromatic carbocycles. The van der Waals surface area contributed by atoms with E-state index in [0.29, 0.717) is 5.56 Å². The molecule has 0 aliphatic carbocycles. The fraction of sp³-hybridized carbons (Fsp3) is 0. The standard InChI is InChI=1S/C17H13N3O2/c21-16-10-13-6-2-1-5-12(13)9-14(16)11-19-20-17(22)15-7-3-4-8-18-15/h1-11,21H,(H,20,22)/b19-11+. The Morgan fingerprint density at radius 1 is 1.09 bits per heavy atom. The van der Waals surface area contributed by atoms with E-state index in [0.717, 1.165) is 10.8 Å². The van der Waals surface area contributed by atoms with Crippen LogP contribution < -0.4 is 5.43 Å². The number of fused-ring (bicyclic) bond motifs is 1. The van der Waals surface area contributed by atoms with Crippen LogP contribution in [-0.4, -0.2) is 22.2 Å². The van der Waals surface area contributed by atoms with Gasteiger partial charge >= 0.3 is 0 Å². The lowest BCUT2D eigenvalue weighted by Crippen LogP contribution is -2.18. The number of aromatic nitrogens is 1. The summed E-state index contributed by atoms with van der Waals surface area (Å²) < 4.78 is 0. The summed E-state index contributed by atoms with van der Waals surface area (Å²) in [5, 5.41) is 15.8. The second kappa shape index (κ2) is 6.05. The first-order valence-electron chi connectivity index (χ1n) is 6.70. The van der Waals surface area contributed by atoms with E-state index in [1.165, 1.54) is 12.4 Å². The number of pyridine rings is 1. The molecule has 0 aliphatic heterocycles. The quantitative estimate of drug-likeness (QED) is 0.575. The average molecular weight is 291 g/mol. The maximum atomic E-state index is 11.8. The fourth-order valence-electron chi connectivity index (χ4n) is 2.06. The first-order chi connectivity index (χ1) is 10.7. The molecule has 1 heterocycles. The van der Waals surface area contributed by atoms with Crippen LogP contribution in [0.4, 0.5) is 0 Å². The normalized spacial score (nSPS) is 10.9. The number of phenols is 1. The number of hydrogen-bond donors (Lipinski definition) is 2. The van der Waals surface area contributed by atoms with Crippen LogP contribution in [0.1, 0.15) is 16.1 Å². The number of aromatic hydroxyl groups is 1. The van der Waals surface area contributed by atoms with Gasteiger partial charge in [0.05, 0.1) is 6.21 Å². The third-order valence-electron chi connectivity index (χ3n) is 3.16. The van der Waals surface area contributed by atoms with Gasteiger partial charge in [-0.25, -0.2) is 5.43 Å². The molecule has 0 spiro atoms. The van der Waals surface area contributed by atoms with Crippen molar-refractivity contribution in [2.24, 2.45) is 5.10 Å². The molecule has 0 aliphatic rings. The van der Waals surface area contributed by atoms with Crippen LogP contribution in [-0.2, 0) is 0 Å². The van der Waals surface area contributed by atoms with Crippen molar-refractivity contribution in [3.05, 3.63) is 72.1 Å². The van der Waals surface area contributed by atoms with Crippen LogP contribution in [0.15, 0.2) is 65.9 Å². The molecule has 0 fully saturated rings. The van der Waals surface area contributed by atoms with E-state index in [9.17, 15) is 9.90 Å². The van der Waals surface area contributed by atoms with E-state index in [-0.39, 0.29) is 11.4 Å². The third-order valence-corrected chi connectivity index (χ3v) is 3.16. The second-order valence-corrected chi connectivity index (χ2v) is 4.67. The van der Waals surface area contributed by atoms with E-state index in [4.69, 9.17) is 0 Å². The summed E-state index contributed by atoms with van der Waals surface area (Å²) in [4.78, 5) is 15.7. The van der Waals surface area contributed by atoms with Crippen LogP contribution in [0.3, 0.4) is 0 Å². The molecule has 22 heavy (non-hydrogen) atoms. The van der Waals surface area contributed by atoms with Gasteiger partial charge in [-0.15, -0.1) is 0 Å². The van der Waals surface area contributed by atoms with Gasteiger partial charge in [0, 0.05) is 11.8 Å². The van der Waals surface area contributed by atoms with Crippen LogP contribution >= 0.6 is 0 Å². The summed E-state index contributed by atoms with van der Waals surface area (Å²) in [7, 11) is 0. The number of phenolic OH excluding ortho intramolecular Hbond substituents is 1. The van der Waals surface area contributed by atoms with Gasteiger partial charge in [-0.1, -0.05) is 30.3 Å². The summed E-state index contributed by atoms with van der Waals surface area (Å²) in [6.07, 6.45) is 2.94. The number of nitrogens with zero attached hydrogens (tertiary/aromatic N) is 2. The van der Waals surface area contributed by atoms with Crippen LogP contribution in [0.25, 0.3) is 10.8 Å². The fourth-order valence-corrected chi connectivity index (χ4v) is 2.06. The Labute approximate surface area is 126 Å². The van der Waals surface area contributed by atoms with Crippen molar-refractivity contribution in [1.29, 1.82) is 0 Å². The second-order valence-electron chi connectivity index (χ2n) is 4.67. The van der Waals surface area contributed by atoms with E-state index >= 15 is 0 Å². The van der Waals surface area contributed by atoms with Gasteiger partial charge in [-0.2, -0.15) is 5.10 Å². The van der Waals surface area contributed by atoms with Crippen molar-refractivity contribution in [2.45, 2.75) is 0 Å². The number of rotatable bonds is 3. The molecule has 108 valence electrons. The van der Waals surface area contributed by atoms with Crippen molar-refractivity contribution >= 4 is 22.9 Å². The monoisotopic (exact) mass is 291 g/mol. The molecule has 0 saturated carbocycles. The Bertz CT molecular complexity index is 845. The Kier molecular flexibility index (Phi) is 3.78. The lowest BCUT2D eigenvalue weighted by Gasteiger charge is -2.03. The van der Waals surface area contributed by atoms with E-state index in [1.54, 1.807) is 30.3 Å². The van der Waals surface area contributed by atoms with Gasteiger partial charge in [-0.3, -0.25) is 9.78 Å². The molecule has 0 atom stereocenters. The molecule has 3 rings (SSSR count). The number of carbonyl (C=O) groups excluding carboxylic acids is 1. The third kappa shape index (κ3) is 2.93. The van der Waals surface area contributed by atoms with Crippen molar-refractivity contribution in [1.82, 2.24) is 10.4 Å². The van der Waals surface area contributed by atoms with E-state index < -0.39 is 5.91 Å². The van der Waals surface area contributed by atoms with Gasteiger partial charge in [-0.05, 0) is 35.0 Å². The molecule has 1 aromatic heterocycles. The van der Waals surface area contributed by atoms with Gasteiger partial charge in [0.1, 0.15) is 11.4 Å². The highest BCUT2D eigenvalue weighted by atomic mass is 16.3. The molecular weight excluding hydrogens is 278 g/mol. The molecule has 0 unspecified atom stereocenters. The highest BCUT2D eigenvalue weighted by Crippen LogP contribution is 2.23. The maximum Gasteiger partial charge on any atom is 0.289 e. The zero-order valence-electron chi connectivity index (χ0n) is 11.6. The molecule has 5 nitrogen and oxygen atoms in total. The number of nitrogens with one attached hydrogen (secondary N) is 1. The molecule has 1 amide bonds.